The van der Waals surface area contributed by atoms with Gasteiger partial charge in [0, 0.05) is 0 Å². The molecule has 2 amide bonds. The van der Waals surface area contributed by atoms with Crippen LogP contribution in [0.15, 0.2) is 36.4 Å². The first kappa shape index (κ1) is 25.3. The molecule has 0 aromatic heterocycles. The van der Waals surface area contributed by atoms with E-state index in [1.165, 1.54) is 25.1 Å². The molecule has 166 valence electrons. The molecule has 0 bridgehead atoms. The Bertz CT molecular complexity index is 997. The van der Waals surface area contributed by atoms with Gasteiger partial charge in [-0.25, -0.2) is 4.79 Å². The van der Waals surface area contributed by atoms with Crippen LogP contribution in [0.3, 0.4) is 0 Å². The molecular formula is C21H20Cl4N2O4. The summed E-state index contributed by atoms with van der Waals surface area (Å²) in [6.45, 7) is 4.87. The molecule has 0 saturated heterocycles. The Labute approximate surface area is 200 Å². The van der Waals surface area contributed by atoms with E-state index in [-0.39, 0.29) is 37.3 Å². The van der Waals surface area contributed by atoms with Crippen molar-refractivity contribution in [2.45, 2.75) is 32.9 Å². The molecule has 2 aromatic rings. The minimum absolute atomic E-state index is 0.174. The van der Waals surface area contributed by atoms with Gasteiger partial charge in [0.25, 0.3) is 11.8 Å². The van der Waals surface area contributed by atoms with Crippen molar-refractivity contribution in [2.75, 3.05) is 5.32 Å². The highest BCUT2D eigenvalue weighted by atomic mass is 35.5. The lowest BCUT2D eigenvalue weighted by molar-refractivity contribution is -0.156. The molecule has 0 radical (unpaired) electrons. The number of benzene rings is 2. The third-order valence-electron chi connectivity index (χ3n) is 4.26. The van der Waals surface area contributed by atoms with Gasteiger partial charge in [-0.05, 0) is 37.1 Å². The molecule has 31 heavy (non-hydrogen) atoms. The predicted molar refractivity (Wildman–Crippen MR) is 123 cm³/mol. The maximum absolute atomic E-state index is 12.7. The quantitative estimate of drug-likeness (QED) is 0.377. The summed E-state index contributed by atoms with van der Waals surface area (Å²) in [5.74, 6) is -2.23. The summed E-state index contributed by atoms with van der Waals surface area (Å²) in [5, 5.41) is 6.00. The third-order valence-corrected chi connectivity index (χ3v) is 5.62. The topological polar surface area (TPSA) is 84.5 Å². The van der Waals surface area contributed by atoms with Crippen molar-refractivity contribution < 1.29 is 19.1 Å². The highest BCUT2D eigenvalue weighted by Gasteiger charge is 2.30. The van der Waals surface area contributed by atoms with E-state index in [0.29, 0.717) is 0 Å². The van der Waals surface area contributed by atoms with Gasteiger partial charge in [0.1, 0.15) is 6.04 Å². The monoisotopic (exact) mass is 504 g/mol. The molecule has 0 aliphatic heterocycles. The van der Waals surface area contributed by atoms with Crippen LogP contribution in [-0.2, 0) is 14.3 Å². The van der Waals surface area contributed by atoms with Gasteiger partial charge >= 0.3 is 5.97 Å². The average molecular weight is 506 g/mol. The first-order valence-electron chi connectivity index (χ1n) is 9.22. The molecule has 10 heteroatoms. The van der Waals surface area contributed by atoms with Crippen LogP contribution in [-0.4, -0.2) is 29.9 Å². The fourth-order valence-corrected chi connectivity index (χ4v) is 3.33. The van der Waals surface area contributed by atoms with Gasteiger partial charge in [0.15, 0.2) is 6.10 Å². The molecule has 6 nitrogen and oxygen atoms in total. The van der Waals surface area contributed by atoms with Crippen LogP contribution < -0.4 is 10.6 Å². The highest BCUT2D eigenvalue weighted by Crippen LogP contribution is 2.32. The fourth-order valence-electron chi connectivity index (χ4n) is 2.52. The molecule has 0 saturated carbocycles. The first-order chi connectivity index (χ1) is 14.5. The number of halogens is 4. The van der Waals surface area contributed by atoms with Crippen LogP contribution in [0.25, 0.3) is 0 Å². The summed E-state index contributed by atoms with van der Waals surface area (Å²) in [6, 6.07) is 8.23. The van der Waals surface area contributed by atoms with Crippen LogP contribution in [0.2, 0.25) is 20.1 Å². The summed E-state index contributed by atoms with van der Waals surface area (Å²) >= 11 is 23.9. The second kappa shape index (κ2) is 11.0. The zero-order valence-electron chi connectivity index (χ0n) is 16.8. The van der Waals surface area contributed by atoms with E-state index in [2.05, 4.69) is 10.6 Å². The maximum atomic E-state index is 12.7. The van der Waals surface area contributed by atoms with Crippen LogP contribution in [0.4, 0.5) is 5.69 Å². The summed E-state index contributed by atoms with van der Waals surface area (Å²) in [6.07, 6.45) is -1.17. The molecule has 0 spiro atoms. The number of amides is 2. The van der Waals surface area contributed by atoms with Gasteiger partial charge < -0.3 is 15.4 Å². The van der Waals surface area contributed by atoms with Crippen LogP contribution in [0, 0.1) is 5.92 Å². The minimum atomic E-state index is -1.17. The Balaban J connectivity index is 2.06. The van der Waals surface area contributed by atoms with E-state index in [1.807, 2.05) is 0 Å². The summed E-state index contributed by atoms with van der Waals surface area (Å²) < 4.78 is 5.27. The number of nitrogens with one attached hydrogen (secondary N) is 2. The van der Waals surface area contributed by atoms with E-state index >= 15 is 0 Å². The van der Waals surface area contributed by atoms with Gasteiger partial charge in [0.2, 0.25) is 0 Å². The van der Waals surface area contributed by atoms with E-state index in [0.717, 1.165) is 0 Å². The van der Waals surface area contributed by atoms with Crippen molar-refractivity contribution in [1.82, 2.24) is 5.32 Å². The molecule has 2 aromatic carbocycles. The Morgan fingerprint density at radius 2 is 1.48 bits per heavy atom. The zero-order valence-corrected chi connectivity index (χ0v) is 19.9. The SMILES string of the molecule is CC(OC(=O)[C@@H](NC(=O)c1ccccc1Cl)C(C)C)C(=O)Nc1cc(Cl)c(Cl)cc1Cl. The summed E-state index contributed by atoms with van der Waals surface area (Å²) in [5.41, 5.74) is 0.444. The first-order valence-corrected chi connectivity index (χ1v) is 10.7. The van der Waals surface area contributed by atoms with Crippen molar-refractivity contribution >= 4 is 69.9 Å². The van der Waals surface area contributed by atoms with Gasteiger partial charge in [0.05, 0.1) is 31.3 Å². The minimum Gasteiger partial charge on any atom is -0.451 e. The number of rotatable bonds is 7. The molecule has 2 N–H and O–H groups in total. The smallest absolute Gasteiger partial charge is 0.329 e. The predicted octanol–water partition coefficient (Wildman–Crippen LogP) is 5.63. The number of anilines is 1. The number of hydrogen-bond donors (Lipinski definition) is 2. The summed E-state index contributed by atoms with van der Waals surface area (Å²) in [7, 11) is 0. The average Bonchev–Trinajstić information content (AvgIpc) is 2.69. The van der Waals surface area contributed by atoms with Crippen molar-refractivity contribution in [1.29, 1.82) is 0 Å². The number of esters is 1. The molecular weight excluding hydrogens is 486 g/mol. The lowest BCUT2D eigenvalue weighted by Crippen LogP contribution is -2.47. The van der Waals surface area contributed by atoms with Gasteiger partial charge in [-0.3, -0.25) is 9.59 Å². The van der Waals surface area contributed by atoms with Crippen LogP contribution >= 0.6 is 46.4 Å². The Morgan fingerprint density at radius 3 is 2.10 bits per heavy atom. The fraction of sp³-hybridized carbons (Fsp3) is 0.286. The van der Waals surface area contributed by atoms with Gasteiger partial charge in [-0.15, -0.1) is 0 Å². The van der Waals surface area contributed by atoms with Crippen LogP contribution in [0.1, 0.15) is 31.1 Å². The number of hydrogen-bond acceptors (Lipinski definition) is 4. The Kier molecular flexibility index (Phi) is 9.01. The molecule has 0 aliphatic carbocycles. The maximum Gasteiger partial charge on any atom is 0.329 e. The standard InChI is InChI=1S/C21H20Cl4N2O4/c1-10(2)18(27-20(29)12-6-4-5-7-13(12)22)21(30)31-11(3)19(28)26-17-9-15(24)14(23)8-16(17)25/h4-11,18H,1-3H3,(H,26,28)(H,27,29)/t11?,18-/m0/s1. The van der Waals surface area contributed by atoms with E-state index in [9.17, 15) is 14.4 Å². The number of carbonyl (C=O) groups is 3. The Morgan fingerprint density at radius 1 is 0.871 bits per heavy atom. The normalized spacial score (nSPS) is 12.8. The Hall–Kier alpha value is -1.99. The molecule has 0 fully saturated rings. The van der Waals surface area contributed by atoms with Crippen molar-refractivity contribution in [3.8, 4) is 0 Å². The van der Waals surface area contributed by atoms with Crippen LogP contribution in [0.5, 0.6) is 0 Å². The van der Waals surface area contributed by atoms with E-state index in [1.54, 1.807) is 32.0 Å². The van der Waals surface area contributed by atoms with Gasteiger partial charge in [-0.2, -0.15) is 0 Å². The molecule has 0 heterocycles. The molecule has 1 unspecified atom stereocenters. The number of carbonyl (C=O) groups excluding carboxylic acids is 3. The molecule has 2 rings (SSSR count). The van der Waals surface area contributed by atoms with Gasteiger partial charge in [-0.1, -0.05) is 72.4 Å². The summed E-state index contributed by atoms with van der Waals surface area (Å²) in [4.78, 5) is 37.6. The zero-order chi connectivity index (χ0) is 23.3. The third kappa shape index (κ3) is 6.74. The largest absolute Gasteiger partial charge is 0.451 e. The van der Waals surface area contributed by atoms with Crippen molar-refractivity contribution in [3.05, 3.63) is 62.1 Å². The highest BCUT2D eigenvalue weighted by molar-refractivity contribution is 6.44. The van der Waals surface area contributed by atoms with E-state index in [4.69, 9.17) is 51.1 Å². The second-order valence-electron chi connectivity index (χ2n) is 6.99. The lowest BCUT2D eigenvalue weighted by Gasteiger charge is -2.23. The number of ether oxygens (including phenoxy) is 1. The molecule has 0 aliphatic rings. The van der Waals surface area contributed by atoms with Crippen molar-refractivity contribution in [3.63, 3.8) is 0 Å². The van der Waals surface area contributed by atoms with E-state index < -0.39 is 29.9 Å². The van der Waals surface area contributed by atoms with Crippen molar-refractivity contribution in [2.24, 2.45) is 5.92 Å². The molecule has 2 atom stereocenters. The lowest BCUT2D eigenvalue weighted by atomic mass is 10.0. The second-order valence-corrected chi connectivity index (χ2v) is 8.62.